The minimum atomic E-state index is -0.561. The third-order valence-corrected chi connectivity index (χ3v) is 4.32. The molecule has 3 atom stereocenters. The van der Waals surface area contributed by atoms with Gasteiger partial charge in [-0.2, -0.15) is 0 Å². The summed E-state index contributed by atoms with van der Waals surface area (Å²) in [6.07, 6.45) is 1.83. The molecule has 2 aliphatic heterocycles. The second-order valence-corrected chi connectivity index (χ2v) is 6.95. The van der Waals surface area contributed by atoms with Gasteiger partial charge in [0.25, 0.3) is 0 Å². The van der Waals surface area contributed by atoms with Gasteiger partial charge < -0.3 is 14.2 Å². The molecule has 0 saturated carbocycles. The summed E-state index contributed by atoms with van der Waals surface area (Å²) >= 11 is 0. The average Bonchev–Trinajstić information content (AvgIpc) is 2.88. The summed E-state index contributed by atoms with van der Waals surface area (Å²) in [5.41, 5.74) is -1.01. The van der Waals surface area contributed by atoms with Crippen molar-refractivity contribution in [2.45, 2.75) is 57.2 Å². The second kappa shape index (κ2) is 5.48. The van der Waals surface area contributed by atoms with Crippen LogP contribution in [0.4, 0.5) is 4.79 Å². The van der Waals surface area contributed by atoms with E-state index < -0.39 is 11.1 Å². The van der Waals surface area contributed by atoms with Crippen molar-refractivity contribution < 1.29 is 23.8 Å². The van der Waals surface area contributed by atoms with Gasteiger partial charge in [0.05, 0.1) is 25.2 Å². The minimum Gasteiger partial charge on any atom is -0.469 e. The van der Waals surface area contributed by atoms with Crippen molar-refractivity contribution in [1.29, 1.82) is 0 Å². The van der Waals surface area contributed by atoms with Gasteiger partial charge in [0.15, 0.2) is 0 Å². The number of nitrogens with zero attached hydrogens (tertiary/aromatic N) is 1. The van der Waals surface area contributed by atoms with Crippen LogP contribution in [0.1, 0.15) is 40.0 Å². The molecule has 0 radical (unpaired) electrons. The maximum atomic E-state index is 12.6. The number of amides is 1. The molecule has 2 rings (SSSR count). The lowest BCUT2D eigenvalue weighted by molar-refractivity contribution is -0.146. The summed E-state index contributed by atoms with van der Waals surface area (Å²) in [5, 5.41) is 0. The van der Waals surface area contributed by atoms with Crippen molar-refractivity contribution in [2.24, 2.45) is 5.92 Å². The number of carbonyl (C=O) groups is 2. The van der Waals surface area contributed by atoms with Crippen LogP contribution >= 0.6 is 0 Å². The van der Waals surface area contributed by atoms with Crippen LogP contribution in [-0.4, -0.2) is 55.0 Å². The summed E-state index contributed by atoms with van der Waals surface area (Å²) in [6, 6.07) is -0.151. The van der Waals surface area contributed by atoms with Gasteiger partial charge >= 0.3 is 12.1 Å². The highest BCUT2D eigenvalue weighted by Gasteiger charge is 2.61. The zero-order valence-corrected chi connectivity index (χ0v) is 13.5. The Kier molecular flexibility index (Phi) is 4.19. The van der Waals surface area contributed by atoms with E-state index in [0.717, 1.165) is 12.8 Å². The summed E-state index contributed by atoms with van der Waals surface area (Å²) in [5.74, 6) is -0.544. The molecule has 0 N–H and O–H groups in total. The molecule has 6 heteroatoms. The predicted octanol–water partition coefficient (Wildman–Crippen LogP) is 1.96. The Labute approximate surface area is 125 Å². The quantitative estimate of drug-likeness (QED) is 0.745. The lowest BCUT2D eigenvalue weighted by Gasteiger charge is -2.35. The number of hydrogen-bond donors (Lipinski definition) is 0. The van der Waals surface area contributed by atoms with E-state index in [4.69, 9.17) is 14.2 Å². The second-order valence-electron chi connectivity index (χ2n) is 6.95. The first-order valence-electron chi connectivity index (χ1n) is 7.33. The molecular formula is C15H25NO5. The zero-order chi connectivity index (χ0) is 15.8. The highest BCUT2D eigenvalue weighted by molar-refractivity contribution is 5.78. The van der Waals surface area contributed by atoms with Gasteiger partial charge in [0, 0.05) is 13.2 Å². The van der Waals surface area contributed by atoms with Gasteiger partial charge in [0.1, 0.15) is 5.60 Å². The van der Waals surface area contributed by atoms with Crippen LogP contribution in [0.5, 0.6) is 0 Å². The van der Waals surface area contributed by atoms with Crippen molar-refractivity contribution in [2.75, 3.05) is 20.8 Å². The SMILES string of the molecule is COC[C@]12CC[C@H]([C@H](C(=O)OC)C1)N2C(=O)OC(C)(C)C. The molecule has 2 heterocycles. The standard InChI is InChI=1S/C15H25NO5/c1-14(2,3)21-13(18)16-11-6-7-15(16,9-19-4)8-10(11)12(17)20-5/h10-11H,6-9H2,1-5H3/t10-,11-,15+/m1/s1. The molecular weight excluding hydrogens is 274 g/mol. The number of hydrogen-bond acceptors (Lipinski definition) is 5. The molecule has 21 heavy (non-hydrogen) atoms. The van der Waals surface area contributed by atoms with Gasteiger partial charge in [0.2, 0.25) is 0 Å². The fraction of sp³-hybridized carbons (Fsp3) is 0.867. The Hall–Kier alpha value is -1.30. The Balaban J connectivity index is 2.25. The molecule has 0 unspecified atom stereocenters. The van der Waals surface area contributed by atoms with Crippen LogP contribution in [0.25, 0.3) is 0 Å². The van der Waals surface area contributed by atoms with Crippen LogP contribution in [-0.2, 0) is 19.0 Å². The van der Waals surface area contributed by atoms with Crippen molar-refractivity contribution in [3.63, 3.8) is 0 Å². The molecule has 2 aliphatic rings. The molecule has 0 spiro atoms. The smallest absolute Gasteiger partial charge is 0.411 e. The largest absolute Gasteiger partial charge is 0.469 e. The Morgan fingerprint density at radius 3 is 2.48 bits per heavy atom. The molecule has 1 amide bonds. The van der Waals surface area contributed by atoms with E-state index in [2.05, 4.69) is 0 Å². The van der Waals surface area contributed by atoms with Crippen molar-refractivity contribution >= 4 is 12.1 Å². The first-order valence-corrected chi connectivity index (χ1v) is 7.33. The van der Waals surface area contributed by atoms with Crippen LogP contribution < -0.4 is 0 Å². The van der Waals surface area contributed by atoms with E-state index in [1.54, 1.807) is 12.0 Å². The highest BCUT2D eigenvalue weighted by Crippen LogP contribution is 2.50. The molecule has 6 nitrogen and oxygen atoms in total. The third-order valence-electron chi connectivity index (χ3n) is 4.32. The molecule has 0 aromatic heterocycles. The molecule has 2 bridgehead atoms. The molecule has 2 fully saturated rings. The molecule has 0 aromatic carbocycles. The zero-order valence-electron chi connectivity index (χ0n) is 13.5. The Bertz CT molecular complexity index is 430. The van der Waals surface area contributed by atoms with Crippen molar-refractivity contribution in [3.05, 3.63) is 0 Å². The fourth-order valence-electron chi connectivity index (χ4n) is 3.65. The number of esters is 1. The molecule has 2 saturated heterocycles. The lowest BCUT2D eigenvalue weighted by atomic mass is 9.81. The topological polar surface area (TPSA) is 65.1 Å². The third kappa shape index (κ3) is 2.86. The van der Waals surface area contributed by atoms with Gasteiger partial charge in [-0.25, -0.2) is 4.79 Å². The van der Waals surface area contributed by atoms with Gasteiger partial charge in [-0.05, 0) is 40.0 Å². The van der Waals surface area contributed by atoms with Gasteiger partial charge in [-0.3, -0.25) is 9.69 Å². The van der Waals surface area contributed by atoms with Crippen LogP contribution in [0.15, 0.2) is 0 Å². The first kappa shape index (κ1) is 16.1. The average molecular weight is 299 g/mol. The number of ether oxygens (including phenoxy) is 3. The van der Waals surface area contributed by atoms with Gasteiger partial charge in [-0.1, -0.05) is 0 Å². The van der Waals surface area contributed by atoms with E-state index in [0.29, 0.717) is 13.0 Å². The van der Waals surface area contributed by atoms with E-state index in [1.807, 2.05) is 20.8 Å². The van der Waals surface area contributed by atoms with Crippen LogP contribution in [0.2, 0.25) is 0 Å². The van der Waals surface area contributed by atoms with Crippen LogP contribution in [0, 0.1) is 5.92 Å². The van der Waals surface area contributed by atoms with Crippen molar-refractivity contribution in [1.82, 2.24) is 4.90 Å². The van der Waals surface area contributed by atoms with Crippen LogP contribution in [0.3, 0.4) is 0 Å². The van der Waals surface area contributed by atoms with E-state index in [9.17, 15) is 9.59 Å². The highest BCUT2D eigenvalue weighted by atomic mass is 16.6. The number of carbonyl (C=O) groups excluding carboxylic acids is 2. The normalized spacial score (nSPS) is 31.4. The number of rotatable bonds is 3. The van der Waals surface area contributed by atoms with E-state index in [-0.39, 0.29) is 24.0 Å². The summed E-state index contributed by atoms with van der Waals surface area (Å²) in [7, 11) is 3.00. The van der Waals surface area contributed by atoms with Crippen molar-refractivity contribution in [3.8, 4) is 0 Å². The summed E-state index contributed by atoms with van der Waals surface area (Å²) < 4.78 is 15.7. The van der Waals surface area contributed by atoms with E-state index >= 15 is 0 Å². The first-order chi connectivity index (χ1) is 9.74. The Morgan fingerprint density at radius 2 is 1.95 bits per heavy atom. The number of methoxy groups -OCH3 is 2. The maximum Gasteiger partial charge on any atom is 0.411 e. The summed E-state index contributed by atoms with van der Waals surface area (Å²) in [6.45, 7) is 5.92. The monoisotopic (exact) mass is 299 g/mol. The maximum absolute atomic E-state index is 12.6. The lowest BCUT2D eigenvalue weighted by Crippen LogP contribution is -2.50. The van der Waals surface area contributed by atoms with Gasteiger partial charge in [-0.15, -0.1) is 0 Å². The predicted molar refractivity (Wildman–Crippen MR) is 75.8 cm³/mol. The fourth-order valence-corrected chi connectivity index (χ4v) is 3.65. The van der Waals surface area contributed by atoms with E-state index in [1.165, 1.54) is 7.11 Å². The number of fused-ring (bicyclic) bond motifs is 2. The minimum absolute atomic E-state index is 0.151. The Morgan fingerprint density at radius 1 is 1.29 bits per heavy atom. The molecule has 120 valence electrons. The molecule has 0 aromatic rings. The summed E-state index contributed by atoms with van der Waals surface area (Å²) in [4.78, 5) is 26.2. The molecule has 0 aliphatic carbocycles.